The van der Waals surface area contributed by atoms with Crippen LogP contribution in [0, 0.1) is 46.3 Å². The van der Waals surface area contributed by atoms with E-state index in [0.29, 0.717) is 24.9 Å². The van der Waals surface area contributed by atoms with E-state index in [1.807, 2.05) is 60.3 Å². The highest BCUT2D eigenvalue weighted by Gasteiger charge is 2.59. The molecular formula is C53H94N4O7. The van der Waals surface area contributed by atoms with Crippen molar-refractivity contribution >= 4 is 24.1 Å². The molecule has 3 amide bonds. The summed E-state index contributed by atoms with van der Waals surface area (Å²) in [4.78, 5) is 53.4. The number of unbranched alkanes of at least 4 members (excludes halogenated alkanes) is 1. The van der Waals surface area contributed by atoms with Crippen molar-refractivity contribution in [3.8, 4) is 0 Å². The fourth-order valence-electron chi connectivity index (χ4n) is 12.2. The molecule has 0 aliphatic heterocycles. The van der Waals surface area contributed by atoms with E-state index in [9.17, 15) is 19.2 Å². The number of ether oxygens (including phenoxy) is 3. The molecule has 368 valence electrons. The minimum atomic E-state index is -0.600. The molecule has 4 aliphatic carbocycles. The maximum absolute atomic E-state index is 13.7. The lowest BCUT2D eigenvalue weighted by atomic mass is 9.47. The zero-order valence-corrected chi connectivity index (χ0v) is 42.9. The number of nitrogens with one attached hydrogen (secondary N) is 3. The largest absolute Gasteiger partial charge is 0.462 e. The highest BCUT2D eigenvalue weighted by atomic mass is 16.6. The van der Waals surface area contributed by atoms with Crippen LogP contribution >= 0.6 is 0 Å². The number of hydrogen-bond acceptors (Lipinski definition) is 8. The third-order valence-electron chi connectivity index (χ3n) is 15.6. The lowest BCUT2D eigenvalue weighted by molar-refractivity contribution is -0.153. The van der Waals surface area contributed by atoms with E-state index < -0.39 is 23.4 Å². The molecule has 4 rings (SSSR count). The molecule has 3 N–H and O–H groups in total. The molecule has 10 atom stereocenters. The monoisotopic (exact) mass is 899 g/mol. The van der Waals surface area contributed by atoms with Crippen LogP contribution < -0.4 is 16.0 Å². The number of hydrogen-bond donors (Lipinski definition) is 3. The Morgan fingerprint density at radius 2 is 1.39 bits per heavy atom. The predicted molar refractivity (Wildman–Crippen MR) is 258 cm³/mol. The van der Waals surface area contributed by atoms with E-state index >= 15 is 0 Å². The predicted octanol–water partition coefficient (Wildman–Crippen LogP) is 11.5. The summed E-state index contributed by atoms with van der Waals surface area (Å²) in [5.41, 5.74) is 1.03. The van der Waals surface area contributed by atoms with Gasteiger partial charge in [0.25, 0.3) is 0 Å². The molecule has 4 aliphatic rings. The van der Waals surface area contributed by atoms with Gasteiger partial charge in [-0.15, -0.1) is 0 Å². The first kappa shape index (κ1) is 53.8. The van der Waals surface area contributed by atoms with Crippen LogP contribution in [0.5, 0.6) is 0 Å². The average Bonchev–Trinajstić information content (AvgIpc) is 3.53. The number of alkyl carbamates (subject to hydrolysis) is 2. The van der Waals surface area contributed by atoms with Crippen molar-refractivity contribution in [2.75, 3.05) is 26.2 Å². The van der Waals surface area contributed by atoms with E-state index in [4.69, 9.17) is 14.2 Å². The first-order valence-corrected chi connectivity index (χ1v) is 25.8. The van der Waals surface area contributed by atoms with Crippen LogP contribution in [0.1, 0.15) is 199 Å². The topological polar surface area (TPSA) is 135 Å². The highest BCUT2D eigenvalue weighted by molar-refractivity contribution is 5.81. The summed E-state index contributed by atoms with van der Waals surface area (Å²) in [7, 11) is 0. The molecule has 0 spiro atoms. The number of nitrogens with zero attached hydrogens (tertiary/aromatic N) is 1. The second-order valence-electron chi connectivity index (χ2n) is 23.7. The summed E-state index contributed by atoms with van der Waals surface area (Å²) in [6.07, 6.45) is 18.2. The lowest BCUT2D eigenvalue weighted by Crippen LogP contribution is -2.51. The zero-order valence-electron chi connectivity index (χ0n) is 42.9. The Morgan fingerprint density at radius 3 is 2.03 bits per heavy atom. The molecule has 3 fully saturated rings. The summed E-state index contributed by atoms with van der Waals surface area (Å²) in [6, 6.07) is -0.226. The molecular weight excluding hydrogens is 805 g/mol. The van der Waals surface area contributed by atoms with Gasteiger partial charge in [0.05, 0.1) is 6.42 Å². The Labute approximate surface area is 389 Å². The molecule has 0 bridgehead atoms. The number of rotatable bonds is 22. The van der Waals surface area contributed by atoms with Gasteiger partial charge in [0, 0.05) is 38.0 Å². The van der Waals surface area contributed by atoms with Crippen molar-refractivity contribution < 1.29 is 33.4 Å². The molecule has 0 heterocycles. The normalized spacial score (nSPS) is 28.1. The average molecular weight is 899 g/mol. The van der Waals surface area contributed by atoms with Crippen LogP contribution in [0.25, 0.3) is 0 Å². The van der Waals surface area contributed by atoms with Gasteiger partial charge in [0.2, 0.25) is 5.91 Å². The fourth-order valence-corrected chi connectivity index (χ4v) is 12.2. The molecule has 64 heavy (non-hydrogen) atoms. The second-order valence-corrected chi connectivity index (χ2v) is 23.7. The lowest BCUT2D eigenvalue weighted by Gasteiger charge is -2.58. The summed E-state index contributed by atoms with van der Waals surface area (Å²) < 4.78 is 16.9. The Hall–Kier alpha value is -2.82. The second kappa shape index (κ2) is 23.8. The zero-order chi connectivity index (χ0) is 47.5. The standard InChI is InChI=1S/C53H94N4O7/c1-36(2)17-16-18-37(3)43-21-22-44-42-20-19-40-35-41(25-29-52(40,12)45(42)26-30-53(43,44)13)62-47(59)24-23-46(58)57(34-28-39(5)56-49(61)64-51(9,10)11)33-15-14-31-54-32-27-38(4)55-48(60)63-50(6,7)8/h19,36-39,41-45,54H,14-18,20-35H2,1-13H3,(H,55,60)(H,56,61)/t37-,38?,39?,41+,42+,43-,44+,45+,52?,53-/m1/s1. The minimum Gasteiger partial charge on any atom is -0.462 e. The Morgan fingerprint density at radius 1 is 0.734 bits per heavy atom. The van der Waals surface area contributed by atoms with Gasteiger partial charge in [-0.1, -0.05) is 65.5 Å². The van der Waals surface area contributed by atoms with Crippen molar-refractivity contribution in [3.63, 3.8) is 0 Å². The van der Waals surface area contributed by atoms with E-state index in [2.05, 4.69) is 56.6 Å². The summed E-state index contributed by atoms with van der Waals surface area (Å²) in [5, 5.41) is 9.21. The van der Waals surface area contributed by atoms with Crippen LogP contribution in [-0.2, 0) is 23.8 Å². The summed E-state index contributed by atoms with van der Waals surface area (Å²) in [6.45, 7) is 29.9. The quantitative estimate of drug-likeness (QED) is 0.0423. The number of amides is 3. The van der Waals surface area contributed by atoms with Gasteiger partial charge in [-0.3, -0.25) is 9.59 Å². The molecule has 0 aromatic rings. The summed E-state index contributed by atoms with van der Waals surface area (Å²) in [5.74, 6) is 4.41. The van der Waals surface area contributed by atoms with E-state index in [1.165, 1.54) is 56.9 Å². The maximum Gasteiger partial charge on any atom is 0.407 e. The number of carbonyl (C=O) groups is 4. The third kappa shape index (κ3) is 16.2. The van der Waals surface area contributed by atoms with Gasteiger partial charge < -0.3 is 35.1 Å². The number of esters is 1. The SMILES string of the molecule is CC(C)CCC[C@@H](C)[C@H]1CC[C@H]2[C@@H]3CC=C4C[C@@H](OC(=O)CCC(=O)N(CCCCNCCC(C)NC(=O)OC(C)(C)C)CCC(C)NC(=O)OC(C)(C)C)CCC4(C)[C@H]3CC[C@]12C. The van der Waals surface area contributed by atoms with Gasteiger partial charge in [-0.2, -0.15) is 0 Å². The van der Waals surface area contributed by atoms with Crippen LogP contribution in [0.4, 0.5) is 9.59 Å². The molecule has 0 aromatic carbocycles. The van der Waals surface area contributed by atoms with Crippen molar-refractivity contribution in [3.05, 3.63) is 11.6 Å². The van der Waals surface area contributed by atoms with Gasteiger partial charge in [0.1, 0.15) is 17.3 Å². The van der Waals surface area contributed by atoms with Crippen molar-refractivity contribution in [2.45, 2.75) is 229 Å². The van der Waals surface area contributed by atoms with Crippen LogP contribution in [-0.4, -0.2) is 84.5 Å². The first-order chi connectivity index (χ1) is 29.9. The van der Waals surface area contributed by atoms with Crippen LogP contribution in [0.3, 0.4) is 0 Å². The van der Waals surface area contributed by atoms with Crippen molar-refractivity contribution in [1.82, 2.24) is 20.9 Å². The maximum atomic E-state index is 13.7. The number of carbonyl (C=O) groups excluding carboxylic acids is 4. The highest BCUT2D eigenvalue weighted by Crippen LogP contribution is 2.67. The van der Waals surface area contributed by atoms with Crippen LogP contribution in [0.15, 0.2) is 11.6 Å². The first-order valence-electron chi connectivity index (χ1n) is 25.8. The molecule has 3 saturated carbocycles. The van der Waals surface area contributed by atoms with Gasteiger partial charge in [-0.25, -0.2) is 9.59 Å². The smallest absolute Gasteiger partial charge is 0.407 e. The molecule has 0 radical (unpaired) electrons. The Kier molecular flexibility index (Phi) is 20.0. The molecule has 3 unspecified atom stereocenters. The molecule has 0 saturated heterocycles. The van der Waals surface area contributed by atoms with Crippen molar-refractivity contribution in [2.24, 2.45) is 46.3 Å². The minimum absolute atomic E-state index is 0.0272. The van der Waals surface area contributed by atoms with E-state index in [1.54, 1.807) is 0 Å². The summed E-state index contributed by atoms with van der Waals surface area (Å²) >= 11 is 0. The molecule has 0 aromatic heterocycles. The van der Waals surface area contributed by atoms with E-state index in [0.717, 1.165) is 87.1 Å². The molecule has 11 nitrogen and oxygen atoms in total. The third-order valence-corrected chi connectivity index (χ3v) is 15.6. The van der Waals surface area contributed by atoms with Gasteiger partial charge >= 0.3 is 18.2 Å². The Bertz CT molecular complexity index is 1550. The number of allylic oxidation sites excluding steroid dienone is 1. The van der Waals surface area contributed by atoms with E-state index in [-0.39, 0.29) is 48.3 Å². The Balaban J connectivity index is 1.25. The molecule has 11 heteroatoms. The number of fused-ring (bicyclic) bond motifs is 5. The van der Waals surface area contributed by atoms with Gasteiger partial charge in [0.15, 0.2) is 0 Å². The van der Waals surface area contributed by atoms with Crippen LogP contribution in [0.2, 0.25) is 0 Å². The van der Waals surface area contributed by atoms with Crippen molar-refractivity contribution in [1.29, 1.82) is 0 Å². The van der Waals surface area contributed by atoms with Gasteiger partial charge in [-0.05, 0) is 185 Å². The fraction of sp³-hybridized carbons (Fsp3) is 0.887.